The van der Waals surface area contributed by atoms with Gasteiger partial charge in [0.2, 0.25) is 0 Å². The number of aromatic nitrogens is 2. The number of ketones is 1. The molecule has 1 rings (SSSR count). The first-order valence-corrected chi connectivity index (χ1v) is 6.76. The molecule has 0 aliphatic rings. The molecule has 0 atom stereocenters. The van der Waals surface area contributed by atoms with Gasteiger partial charge in [0.1, 0.15) is 5.78 Å². The van der Waals surface area contributed by atoms with Crippen molar-refractivity contribution < 1.29 is 4.79 Å². The number of Topliss-reactive ketones (excluding diaryl/α,β-unsaturated/α-hetero) is 1. The zero-order valence-corrected chi connectivity index (χ0v) is 11.3. The average molecular weight is 236 g/mol. The van der Waals surface area contributed by atoms with Crippen molar-refractivity contribution in [3.63, 3.8) is 0 Å². The Labute approximate surface area is 104 Å². The van der Waals surface area contributed by atoms with Gasteiger partial charge in [-0.2, -0.15) is 5.10 Å². The summed E-state index contributed by atoms with van der Waals surface area (Å²) >= 11 is 0. The number of hydrogen-bond donors (Lipinski definition) is 0. The Morgan fingerprint density at radius 1 is 1.35 bits per heavy atom. The minimum atomic E-state index is 0.351. The van der Waals surface area contributed by atoms with Crippen LogP contribution in [0.4, 0.5) is 0 Å². The molecule has 3 heteroatoms. The molecule has 0 aliphatic carbocycles. The molecule has 17 heavy (non-hydrogen) atoms. The summed E-state index contributed by atoms with van der Waals surface area (Å²) in [4.78, 5) is 11.2. The molecule has 0 radical (unpaired) electrons. The molecule has 0 fully saturated rings. The predicted octanol–water partition coefficient (Wildman–Crippen LogP) is 3.55. The molecule has 0 unspecified atom stereocenters. The highest BCUT2D eigenvalue weighted by atomic mass is 16.1. The number of carbonyl (C=O) groups is 1. The molecule has 96 valence electrons. The van der Waals surface area contributed by atoms with E-state index in [0.717, 1.165) is 31.4 Å². The third-order valence-electron chi connectivity index (χ3n) is 3.26. The second-order valence-corrected chi connectivity index (χ2v) is 4.50. The Morgan fingerprint density at radius 3 is 2.65 bits per heavy atom. The van der Waals surface area contributed by atoms with E-state index in [4.69, 9.17) is 0 Å². The molecular formula is C14H24N2O. The summed E-state index contributed by atoms with van der Waals surface area (Å²) < 4.78 is 2.07. The molecule has 0 aliphatic heterocycles. The SMILES string of the molecule is CCC(=O)CCCc1ccn(C(CC)CC)n1. The van der Waals surface area contributed by atoms with Crippen molar-refractivity contribution in [3.05, 3.63) is 18.0 Å². The zero-order chi connectivity index (χ0) is 12.7. The molecule has 0 aromatic carbocycles. The summed E-state index contributed by atoms with van der Waals surface area (Å²) in [5, 5.41) is 4.58. The van der Waals surface area contributed by atoms with Crippen LogP contribution in [0.25, 0.3) is 0 Å². The van der Waals surface area contributed by atoms with Crippen molar-refractivity contribution in [2.45, 2.75) is 65.3 Å². The van der Waals surface area contributed by atoms with Crippen molar-refractivity contribution in [1.82, 2.24) is 9.78 Å². The van der Waals surface area contributed by atoms with E-state index in [1.165, 1.54) is 0 Å². The topological polar surface area (TPSA) is 34.9 Å². The fourth-order valence-electron chi connectivity index (χ4n) is 2.02. The van der Waals surface area contributed by atoms with Gasteiger partial charge >= 0.3 is 0 Å². The maximum Gasteiger partial charge on any atom is 0.132 e. The van der Waals surface area contributed by atoms with Gasteiger partial charge in [0.15, 0.2) is 0 Å². The molecule has 1 aromatic rings. The molecule has 1 heterocycles. The van der Waals surface area contributed by atoms with Crippen LogP contribution in [0.2, 0.25) is 0 Å². The average Bonchev–Trinajstić information content (AvgIpc) is 2.79. The molecular weight excluding hydrogens is 212 g/mol. The highest BCUT2D eigenvalue weighted by molar-refractivity contribution is 5.77. The van der Waals surface area contributed by atoms with Crippen LogP contribution in [0.15, 0.2) is 12.3 Å². The van der Waals surface area contributed by atoms with Crippen LogP contribution >= 0.6 is 0 Å². The number of nitrogens with zero attached hydrogens (tertiary/aromatic N) is 2. The van der Waals surface area contributed by atoms with E-state index in [-0.39, 0.29) is 0 Å². The highest BCUT2D eigenvalue weighted by Crippen LogP contribution is 2.15. The minimum absolute atomic E-state index is 0.351. The van der Waals surface area contributed by atoms with Crippen LogP contribution in [-0.2, 0) is 11.2 Å². The fourth-order valence-corrected chi connectivity index (χ4v) is 2.02. The second-order valence-electron chi connectivity index (χ2n) is 4.50. The van der Waals surface area contributed by atoms with Crippen molar-refractivity contribution in [1.29, 1.82) is 0 Å². The Bertz CT molecular complexity index is 340. The van der Waals surface area contributed by atoms with Gasteiger partial charge in [0.25, 0.3) is 0 Å². The molecule has 0 saturated carbocycles. The molecule has 1 aromatic heterocycles. The lowest BCUT2D eigenvalue weighted by Crippen LogP contribution is -2.08. The largest absolute Gasteiger partial charge is 0.300 e. The van der Waals surface area contributed by atoms with Crippen LogP contribution in [-0.4, -0.2) is 15.6 Å². The first-order valence-electron chi connectivity index (χ1n) is 6.76. The van der Waals surface area contributed by atoms with Crippen molar-refractivity contribution in [2.24, 2.45) is 0 Å². The third kappa shape index (κ3) is 4.33. The molecule has 0 saturated heterocycles. The van der Waals surface area contributed by atoms with Crippen molar-refractivity contribution in [2.75, 3.05) is 0 Å². The van der Waals surface area contributed by atoms with Gasteiger partial charge in [-0.15, -0.1) is 0 Å². The van der Waals surface area contributed by atoms with E-state index in [1.54, 1.807) is 0 Å². The molecule has 0 amide bonds. The summed E-state index contributed by atoms with van der Waals surface area (Å²) in [6, 6.07) is 2.59. The number of hydrogen-bond acceptors (Lipinski definition) is 2. The van der Waals surface area contributed by atoms with E-state index in [9.17, 15) is 4.79 Å². The smallest absolute Gasteiger partial charge is 0.132 e. The zero-order valence-electron chi connectivity index (χ0n) is 11.3. The van der Waals surface area contributed by atoms with E-state index >= 15 is 0 Å². The monoisotopic (exact) mass is 236 g/mol. The summed E-state index contributed by atoms with van der Waals surface area (Å²) in [7, 11) is 0. The lowest BCUT2D eigenvalue weighted by Gasteiger charge is -2.12. The van der Waals surface area contributed by atoms with Crippen LogP contribution in [0.1, 0.15) is 64.6 Å². The standard InChI is InChI=1S/C14H24N2O/c1-4-13(5-2)16-11-10-12(15-16)8-7-9-14(17)6-3/h10-11,13H,4-9H2,1-3H3. The molecule has 3 nitrogen and oxygen atoms in total. The Hall–Kier alpha value is -1.12. The molecule has 0 bridgehead atoms. The van der Waals surface area contributed by atoms with Crippen LogP contribution < -0.4 is 0 Å². The number of carbonyl (C=O) groups excluding carboxylic acids is 1. The summed E-state index contributed by atoms with van der Waals surface area (Å²) in [6.45, 7) is 6.30. The van der Waals surface area contributed by atoms with Gasteiger partial charge in [-0.1, -0.05) is 20.8 Å². The number of rotatable bonds is 8. The van der Waals surface area contributed by atoms with Crippen molar-refractivity contribution >= 4 is 5.78 Å². The van der Waals surface area contributed by atoms with Crippen LogP contribution in [0.5, 0.6) is 0 Å². The Balaban J connectivity index is 2.43. The van der Waals surface area contributed by atoms with Crippen molar-refractivity contribution in [3.8, 4) is 0 Å². The lowest BCUT2D eigenvalue weighted by atomic mass is 10.1. The predicted molar refractivity (Wildman–Crippen MR) is 70.1 cm³/mol. The summed E-state index contributed by atoms with van der Waals surface area (Å²) in [5.74, 6) is 0.351. The summed E-state index contributed by atoms with van der Waals surface area (Å²) in [5.41, 5.74) is 1.11. The quantitative estimate of drug-likeness (QED) is 0.692. The fraction of sp³-hybridized carbons (Fsp3) is 0.714. The van der Waals surface area contributed by atoms with Gasteiger partial charge in [-0.05, 0) is 31.7 Å². The van der Waals surface area contributed by atoms with E-state index in [2.05, 4.69) is 35.9 Å². The second kappa shape index (κ2) is 7.25. The third-order valence-corrected chi connectivity index (χ3v) is 3.26. The highest BCUT2D eigenvalue weighted by Gasteiger charge is 2.08. The van der Waals surface area contributed by atoms with Gasteiger partial charge in [0, 0.05) is 19.0 Å². The van der Waals surface area contributed by atoms with Gasteiger partial charge in [-0.25, -0.2) is 0 Å². The van der Waals surface area contributed by atoms with Gasteiger partial charge in [0.05, 0.1) is 11.7 Å². The maximum atomic E-state index is 11.2. The minimum Gasteiger partial charge on any atom is -0.300 e. The van der Waals surface area contributed by atoms with Crippen LogP contribution in [0.3, 0.4) is 0 Å². The van der Waals surface area contributed by atoms with E-state index in [1.807, 2.05) is 6.92 Å². The van der Waals surface area contributed by atoms with Gasteiger partial charge in [-0.3, -0.25) is 9.48 Å². The molecule has 0 N–H and O–H groups in total. The first kappa shape index (κ1) is 13.9. The number of aryl methyl sites for hydroxylation is 1. The maximum absolute atomic E-state index is 11.2. The molecule has 0 spiro atoms. The van der Waals surface area contributed by atoms with E-state index in [0.29, 0.717) is 24.7 Å². The van der Waals surface area contributed by atoms with Crippen LogP contribution in [0, 0.1) is 0 Å². The lowest BCUT2D eigenvalue weighted by molar-refractivity contribution is -0.118. The Kier molecular flexibility index (Phi) is 5.95. The van der Waals surface area contributed by atoms with Gasteiger partial charge < -0.3 is 0 Å². The first-order chi connectivity index (χ1) is 8.21. The summed E-state index contributed by atoms with van der Waals surface area (Å²) in [6.07, 6.45) is 7.48. The Morgan fingerprint density at radius 2 is 2.06 bits per heavy atom. The van der Waals surface area contributed by atoms with E-state index < -0.39 is 0 Å². The normalized spacial score (nSPS) is 11.1.